The standard InChI is InChI=1S/C19H23NO2S/c1-19(2)8-7-15-14(10-19)16(18(21)22)17(23-15)13-6-4-5-12(9-13)11-20-3/h4-6,9,20H,7-8,10-11H2,1-3H3,(H,21,22). The molecule has 23 heavy (non-hydrogen) atoms. The van der Waals surface area contributed by atoms with Gasteiger partial charge in [-0.05, 0) is 54.5 Å². The lowest BCUT2D eigenvalue weighted by molar-refractivity contribution is 0.0696. The Morgan fingerprint density at radius 3 is 2.87 bits per heavy atom. The van der Waals surface area contributed by atoms with E-state index in [0.29, 0.717) is 5.56 Å². The summed E-state index contributed by atoms with van der Waals surface area (Å²) < 4.78 is 0. The predicted molar refractivity (Wildman–Crippen MR) is 95.3 cm³/mol. The molecular weight excluding hydrogens is 306 g/mol. The smallest absolute Gasteiger partial charge is 0.337 e. The number of aryl methyl sites for hydroxylation is 1. The highest BCUT2D eigenvalue weighted by atomic mass is 32.1. The zero-order valence-electron chi connectivity index (χ0n) is 13.9. The van der Waals surface area contributed by atoms with Gasteiger partial charge in [0.25, 0.3) is 0 Å². The fraction of sp³-hybridized carbons (Fsp3) is 0.421. The van der Waals surface area contributed by atoms with Gasteiger partial charge in [0.05, 0.1) is 5.56 Å². The number of carboxylic acids is 1. The first-order valence-electron chi connectivity index (χ1n) is 8.03. The number of aromatic carboxylic acids is 1. The zero-order valence-corrected chi connectivity index (χ0v) is 14.7. The summed E-state index contributed by atoms with van der Waals surface area (Å²) in [5, 5.41) is 13.0. The molecule has 122 valence electrons. The lowest BCUT2D eigenvalue weighted by Gasteiger charge is -2.29. The number of carboxylic acid groups (broad SMARTS) is 1. The summed E-state index contributed by atoms with van der Waals surface area (Å²) in [5.74, 6) is -0.797. The quantitative estimate of drug-likeness (QED) is 0.877. The Labute approximate surface area is 141 Å². The molecule has 0 aliphatic heterocycles. The van der Waals surface area contributed by atoms with Gasteiger partial charge in [-0.3, -0.25) is 0 Å². The van der Waals surface area contributed by atoms with Gasteiger partial charge in [-0.15, -0.1) is 11.3 Å². The third kappa shape index (κ3) is 3.19. The first-order valence-corrected chi connectivity index (χ1v) is 8.85. The fourth-order valence-electron chi connectivity index (χ4n) is 3.38. The largest absolute Gasteiger partial charge is 0.478 e. The zero-order chi connectivity index (χ0) is 16.6. The minimum Gasteiger partial charge on any atom is -0.478 e. The molecule has 0 saturated heterocycles. The number of nitrogens with one attached hydrogen (secondary N) is 1. The third-order valence-electron chi connectivity index (χ3n) is 4.56. The number of hydrogen-bond donors (Lipinski definition) is 2. The van der Waals surface area contributed by atoms with Crippen LogP contribution in [0.15, 0.2) is 24.3 Å². The van der Waals surface area contributed by atoms with Crippen LogP contribution in [0.5, 0.6) is 0 Å². The van der Waals surface area contributed by atoms with Gasteiger partial charge in [-0.25, -0.2) is 4.79 Å². The Morgan fingerprint density at radius 2 is 2.17 bits per heavy atom. The molecule has 4 heteroatoms. The van der Waals surface area contributed by atoms with Gasteiger partial charge in [0.2, 0.25) is 0 Å². The van der Waals surface area contributed by atoms with Gasteiger partial charge in [-0.2, -0.15) is 0 Å². The molecule has 3 nitrogen and oxygen atoms in total. The second-order valence-corrected chi connectivity index (χ2v) is 8.19. The van der Waals surface area contributed by atoms with E-state index in [1.807, 2.05) is 19.2 Å². The second-order valence-electron chi connectivity index (χ2n) is 7.08. The Morgan fingerprint density at radius 1 is 1.39 bits per heavy atom. The molecule has 2 aromatic rings. The number of carbonyl (C=O) groups is 1. The average molecular weight is 329 g/mol. The van der Waals surface area contributed by atoms with E-state index >= 15 is 0 Å². The Hall–Kier alpha value is -1.65. The molecule has 2 N–H and O–H groups in total. The van der Waals surface area contributed by atoms with Crippen LogP contribution in [0, 0.1) is 5.41 Å². The first kappa shape index (κ1) is 16.2. The lowest BCUT2D eigenvalue weighted by Crippen LogP contribution is -2.22. The van der Waals surface area contributed by atoms with Crippen molar-refractivity contribution in [3.63, 3.8) is 0 Å². The third-order valence-corrected chi connectivity index (χ3v) is 5.90. The van der Waals surface area contributed by atoms with Crippen LogP contribution in [0.2, 0.25) is 0 Å². The van der Waals surface area contributed by atoms with Crippen molar-refractivity contribution in [3.8, 4) is 10.4 Å². The van der Waals surface area contributed by atoms with Crippen molar-refractivity contribution in [1.82, 2.24) is 5.32 Å². The van der Waals surface area contributed by atoms with Gasteiger partial charge in [0, 0.05) is 16.3 Å². The van der Waals surface area contributed by atoms with Gasteiger partial charge in [0.15, 0.2) is 0 Å². The van der Waals surface area contributed by atoms with E-state index in [9.17, 15) is 9.90 Å². The summed E-state index contributed by atoms with van der Waals surface area (Å²) in [4.78, 5) is 14.1. The molecule has 1 heterocycles. The SMILES string of the molecule is CNCc1cccc(-c2sc3c(c2C(=O)O)CC(C)(C)CC3)c1. The van der Waals surface area contributed by atoms with Crippen LogP contribution in [-0.2, 0) is 19.4 Å². The van der Waals surface area contributed by atoms with Gasteiger partial charge in [-0.1, -0.05) is 32.0 Å². The normalized spacial score (nSPS) is 16.1. The molecule has 1 aliphatic carbocycles. The number of thiophene rings is 1. The minimum atomic E-state index is -0.797. The van der Waals surface area contributed by atoms with Gasteiger partial charge < -0.3 is 10.4 Å². The molecule has 1 aromatic carbocycles. The van der Waals surface area contributed by atoms with Crippen LogP contribution in [0.3, 0.4) is 0 Å². The molecule has 0 fully saturated rings. The van der Waals surface area contributed by atoms with Crippen molar-refractivity contribution in [3.05, 3.63) is 45.8 Å². The molecule has 1 aliphatic rings. The predicted octanol–water partition coefficient (Wildman–Crippen LogP) is 4.35. The Kier molecular flexibility index (Phi) is 4.30. The topological polar surface area (TPSA) is 49.3 Å². The van der Waals surface area contributed by atoms with E-state index in [1.165, 1.54) is 10.4 Å². The number of benzene rings is 1. The van der Waals surface area contributed by atoms with Crippen molar-refractivity contribution in [1.29, 1.82) is 0 Å². The number of rotatable bonds is 4. The molecule has 3 rings (SSSR count). The average Bonchev–Trinajstić information content (AvgIpc) is 2.85. The Bertz CT molecular complexity index is 746. The van der Waals surface area contributed by atoms with Crippen molar-refractivity contribution >= 4 is 17.3 Å². The second kappa shape index (κ2) is 6.10. The number of hydrogen-bond acceptors (Lipinski definition) is 3. The van der Waals surface area contributed by atoms with Crippen molar-refractivity contribution in [2.45, 2.75) is 39.7 Å². The maximum Gasteiger partial charge on any atom is 0.337 e. The highest BCUT2D eigenvalue weighted by Gasteiger charge is 2.32. The summed E-state index contributed by atoms with van der Waals surface area (Å²) in [6.45, 7) is 5.24. The molecule has 0 bridgehead atoms. The highest BCUT2D eigenvalue weighted by Crippen LogP contribution is 2.45. The van der Waals surface area contributed by atoms with Crippen LogP contribution in [0.4, 0.5) is 0 Å². The van der Waals surface area contributed by atoms with E-state index in [4.69, 9.17) is 0 Å². The molecule has 0 radical (unpaired) electrons. The summed E-state index contributed by atoms with van der Waals surface area (Å²) in [5.41, 5.74) is 3.97. The number of fused-ring (bicyclic) bond motifs is 1. The monoisotopic (exact) mass is 329 g/mol. The maximum absolute atomic E-state index is 11.9. The van der Waals surface area contributed by atoms with Crippen molar-refractivity contribution in [2.75, 3.05) is 7.05 Å². The van der Waals surface area contributed by atoms with Crippen molar-refractivity contribution in [2.24, 2.45) is 5.41 Å². The molecule has 0 spiro atoms. The summed E-state index contributed by atoms with van der Waals surface area (Å²) in [6.07, 6.45) is 2.97. The van der Waals surface area contributed by atoms with E-state index in [-0.39, 0.29) is 5.41 Å². The summed E-state index contributed by atoms with van der Waals surface area (Å²) in [7, 11) is 1.92. The van der Waals surface area contributed by atoms with E-state index in [2.05, 4.69) is 31.3 Å². The maximum atomic E-state index is 11.9. The molecule has 0 unspecified atom stereocenters. The van der Waals surface area contributed by atoms with Crippen molar-refractivity contribution < 1.29 is 9.90 Å². The minimum absolute atomic E-state index is 0.184. The molecule has 0 amide bonds. The lowest BCUT2D eigenvalue weighted by atomic mass is 9.76. The summed E-state index contributed by atoms with van der Waals surface area (Å²) in [6, 6.07) is 8.20. The van der Waals surface area contributed by atoms with Gasteiger partial charge >= 0.3 is 5.97 Å². The molecule has 0 saturated carbocycles. The van der Waals surface area contributed by atoms with Crippen LogP contribution in [0.25, 0.3) is 10.4 Å². The fourth-order valence-corrected chi connectivity index (χ4v) is 4.68. The van der Waals surface area contributed by atoms with Gasteiger partial charge in [0.1, 0.15) is 0 Å². The molecule has 0 atom stereocenters. The van der Waals surface area contributed by atoms with Crippen LogP contribution in [0.1, 0.15) is 46.6 Å². The van der Waals surface area contributed by atoms with E-state index < -0.39 is 5.97 Å². The molecule has 1 aromatic heterocycles. The van der Waals surface area contributed by atoms with E-state index in [0.717, 1.165) is 41.8 Å². The van der Waals surface area contributed by atoms with Crippen LogP contribution >= 0.6 is 11.3 Å². The molecular formula is C19H23NO2S. The first-order chi connectivity index (χ1) is 10.9. The summed E-state index contributed by atoms with van der Waals surface area (Å²) >= 11 is 1.67. The van der Waals surface area contributed by atoms with E-state index in [1.54, 1.807) is 11.3 Å². The highest BCUT2D eigenvalue weighted by molar-refractivity contribution is 7.16. The Balaban J connectivity index is 2.12. The van der Waals surface area contributed by atoms with Crippen LogP contribution < -0.4 is 5.32 Å². The van der Waals surface area contributed by atoms with Crippen LogP contribution in [-0.4, -0.2) is 18.1 Å².